The van der Waals surface area contributed by atoms with E-state index in [-0.39, 0.29) is 12.3 Å². The fraction of sp³-hybridized carbons (Fsp3) is 0.211. The summed E-state index contributed by atoms with van der Waals surface area (Å²) in [5.41, 5.74) is 1.40. The molecular weight excluding hydrogens is 401 g/mol. The number of nitrogens with one attached hydrogen (secondary N) is 2. The molecule has 142 valence electrons. The highest BCUT2D eigenvalue weighted by Gasteiger charge is 2.54. The molecule has 28 heavy (non-hydrogen) atoms. The second-order valence-electron chi connectivity index (χ2n) is 6.98. The number of pyridine rings is 1. The van der Waals surface area contributed by atoms with Crippen LogP contribution in [-0.2, 0) is 16.8 Å². The summed E-state index contributed by atoms with van der Waals surface area (Å²) in [6.07, 6.45) is 2.24. The van der Waals surface area contributed by atoms with Gasteiger partial charge in [-0.3, -0.25) is 4.79 Å². The highest BCUT2D eigenvalue weighted by atomic mass is 35.5. The maximum atomic E-state index is 12.6. The van der Waals surface area contributed by atoms with E-state index in [1.807, 2.05) is 24.3 Å². The second-order valence-corrected chi connectivity index (χ2v) is 7.86. The molecule has 5 rings (SSSR count). The molecule has 0 bridgehead atoms. The van der Waals surface area contributed by atoms with Gasteiger partial charge in [-0.1, -0.05) is 35.3 Å². The van der Waals surface area contributed by atoms with E-state index < -0.39 is 11.6 Å². The lowest BCUT2D eigenvalue weighted by molar-refractivity contribution is -0.118. The highest BCUT2D eigenvalue weighted by molar-refractivity contribution is 6.30. The van der Waals surface area contributed by atoms with Gasteiger partial charge in [0, 0.05) is 28.8 Å². The molecule has 2 aliphatic rings. The summed E-state index contributed by atoms with van der Waals surface area (Å²) in [6, 6.07) is 9.17. The second kappa shape index (κ2) is 6.20. The maximum Gasteiger partial charge on any atom is 0.226 e. The third-order valence-electron chi connectivity index (χ3n) is 5.34. The number of anilines is 2. The predicted molar refractivity (Wildman–Crippen MR) is 106 cm³/mol. The van der Waals surface area contributed by atoms with Gasteiger partial charge in [-0.05, 0) is 23.8 Å². The van der Waals surface area contributed by atoms with Crippen molar-refractivity contribution in [1.82, 2.24) is 14.8 Å². The van der Waals surface area contributed by atoms with Gasteiger partial charge in [0.05, 0.1) is 23.2 Å². The van der Waals surface area contributed by atoms with Crippen molar-refractivity contribution in [2.75, 3.05) is 10.6 Å². The van der Waals surface area contributed by atoms with Crippen LogP contribution in [0, 0.1) is 0 Å². The van der Waals surface area contributed by atoms with Gasteiger partial charge in [0.25, 0.3) is 0 Å². The first-order chi connectivity index (χ1) is 13.5. The number of rotatable bonds is 2. The summed E-state index contributed by atoms with van der Waals surface area (Å²) >= 11 is 12.1. The van der Waals surface area contributed by atoms with Crippen molar-refractivity contribution in [2.24, 2.45) is 0 Å². The van der Waals surface area contributed by atoms with Crippen LogP contribution in [0.25, 0.3) is 0 Å². The number of carbonyl (C=O) groups is 1. The number of halogens is 2. The Balaban J connectivity index is 1.64. The van der Waals surface area contributed by atoms with Crippen molar-refractivity contribution < 1.29 is 9.90 Å². The van der Waals surface area contributed by atoms with Crippen molar-refractivity contribution in [3.63, 3.8) is 0 Å². The number of hydrogen-bond acceptors (Lipinski definition) is 5. The first-order valence-corrected chi connectivity index (χ1v) is 9.44. The van der Waals surface area contributed by atoms with Gasteiger partial charge in [0.15, 0.2) is 0 Å². The van der Waals surface area contributed by atoms with E-state index in [1.54, 1.807) is 16.9 Å². The molecule has 2 atom stereocenters. The number of carbonyl (C=O) groups excluding carboxylic acids is 1. The fourth-order valence-corrected chi connectivity index (χ4v) is 4.31. The summed E-state index contributed by atoms with van der Waals surface area (Å²) in [5, 5.41) is 22.3. The largest absolute Gasteiger partial charge is 0.372 e. The minimum Gasteiger partial charge on any atom is -0.372 e. The van der Waals surface area contributed by atoms with Crippen LogP contribution in [0.2, 0.25) is 10.0 Å². The number of aliphatic hydroxyl groups is 1. The van der Waals surface area contributed by atoms with Crippen LogP contribution >= 0.6 is 23.2 Å². The smallest absolute Gasteiger partial charge is 0.226 e. The van der Waals surface area contributed by atoms with Crippen molar-refractivity contribution in [3.8, 4) is 0 Å². The first kappa shape index (κ1) is 17.5. The van der Waals surface area contributed by atoms with Crippen LogP contribution in [0.5, 0.6) is 0 Å². The number of nitrogens with zero attached hydrogens (tertiary/aromatic N) is 3. The zero-order valence-corrected chi connectivity index (χ0v) is 16.0. The van der Waals surface area contributed by atoms with Gasteiger partial charge in [0.1, 0.15) is 17.9 Å². The maximum absolute atomic E-state index is 12.6. The van der Waals surface area contributed by atoms with E-state index in [2.05, 4.69) is 20.7 Å². The molecule has 0 fully saturated rings. The molecule has 2 aromatic heterocycles. The van der Waals surface area contributed by atoms with Gasteiger partial charge < -0.3 is 15.7 Å². The summed E-state index contributed by atoms with van der Waals surface area (Å²) < 4.78 is 1.71. The summed E-state index contributed by atoms with van der Waals surface area (Å²) in [5.74, 6) is 0.863. The van der Waals surface area contributed by atoms with E-state index in [0.717, 1.165) is 11.1 Å². The number of amides is 1. The van der Waals surface area contributed by atoms with E-state index in [4.69, 9.17) is 23.2 Å². The molecule has 2 aliphatic heterocycles. The van der Waals surface area contributed by atoms with Crippen LogP contribution in [0.4, 0.5) is 11.6 Å². The van der Waals surface area contributed by atoms with Gasteiger partial charge in [-0.15, -0.1) is 0 Å². The topological polar surface area (TPSA) is 92.1 Å². The molecule has 1 amide bonds. The van der Waals surface area contributed by atoms with Crippen LogP contribution in [-0.4, -0.2) is 32.0 Å². The average molecular weight is 416 g/mol. The Hall–Kier alpha value is -2.61. The number of hydrogen-bond donors (Lipinski definition) is 3. The van der Waals surface area contributed by atoms with Crippen molar-refractivity contribution >= 4 is 40.7 Å². The molecule has 0 saturated heterocycles. The average Bonchev–Trinajstić information content (AvgIpc) is 3.18. The highest BCUT2D eigenvalue weighted by Crippen LogP contribution is 2.51. The molecule has 0 aliphatic carbocycles. The molecule has 1 spiro atoms. The number of fused-ring (bicyclic) bond motifs is 4. The summed E-state index contributed by atoms with van der Waals surface area (Å²) in [7, 11) is 0. The zero-order chi connectivity index (χ0) is 19.5. The third kappa shape index (κ3) is 2.51. The molecule has 2 unspecified atom stereocenters. The number of benzene rings is 1. The van der Waals surface area contributed by atoms with Crippen molar-refractivity contribution in [1.29, 1.82) is 0 Å². The lowest BCUT2D eigenvalue weighted by Gasteiger charge is -2.35. The lowest BCUT2D eigenvalue weighted by Crippen LogP contribution is -2.46. The van der Waals surface area contributed by atoms with Crippen LogP contribution in [0.1, 0.15) is 23.1 Å². The van der Waals surface area contributed by atoms with E-state index in [1.165, 1.54) is 6.20 Å². The molecule has 3 N–H and O–H groups in total. The Kier molecular flexibility index (Phi) is 3.87. The van der Waals surface area contributed by atoms with Gasteiger partial charge >= 0.3 is 0 Å². The Morgan fingerprint density at radius 3 is 2.75 bits per heavy atom. The summed E-state index contributed by atoms with van der Waals surface area (Å²) in [6.45, 7) is 0.451. The standard InChI is InChI=1S/C19H15Cl2N5O2/c20-11-3-1-10(2-4-11)9-26-17-14(8-23-26)19(6-15(27)24-17)13-5-12(21)7-22-16(13)25-18(19)28/h1-5,7-8,18,28H,6,9H2,(H,22,25)(H,24,27). The van der Waals surface area contributed by atoms with E-state index in [9.17, 15) is 9.90 Å². The monoisotopic (exact) mass is 415 g/mol. The Labute approximate surface area is 170 Å². The first-order valence-electron chi connectivity index (χ1n) is 8.68. The fourth-order valence-electron chi connectivity index (χ4n) is 4.03. The SMILES string of the molecule is O=C1CC2(c3cc(Cl)cnc3NC2O)c2cnn(Cc3ccc(Cl)cc3)c2N1. The molecule has 1 aromatic carbocycles. The van der Waals surface area contributed by atoms with Crippen LogP contribution in [0.3, 0.4) is 0 Å². The number of aromatic nitrogens is 3. The summed E-state index contributed by atoms with van der Waals surface area (Å²) in [4.78, 5) is 16.9. The Bertz CT molecular complexity index is 1100. The normalized spacial score (nSPS) is 22.5. The molecule has 4 heterocycles. The Morgan fingerprint density at radius 2 is 1.96 bits per heavy atom. The minimum absolute atomic E-state index is 0.0653. The van der Waals surface area contributed by atoms with E-state index in [0.29, 0.717) is 33.8 Å². The number of aliphatic hydroxyl groups excluding tert-OH is 1. The van der Waals surface area contributed by atoms with Crippen LogP contribution in [0.15, 0.2) is 42.7 Å². The molecule has 3 aromatic rings. The zero-order valence-electron chi connectivity index (χ0n) is 14.5. The Morgan fingerprint density at radius 1 is 1.18 bits per heavy atom. The van der Waals surface area contributed by atoms with Crippen LogP contribution < -0.4 is 10.6 Å². The van der Waals surface area contributed by atoms with Gasteiger partial charge in [-0.25, -0.2) is 9.67 Å². The van der Waals surface area contributed by atoms with E-state index >= 15 is 0 Å². The molecule has 0 radical (unpaired) electrons. The minimum atomic E-state index is -1.02. The molecule has 9 heteroatoms. The third-order valence-corrected chi connectivity index (χ3v) is 5.80. The quantitative estimate of drug-likeness (QED) is 0.598. The van der Waals surface area contributed by atoms with Crippen molar-refractivity contribution in [2.45, 2.75) is 24.6 Å². The molecule has 0 saturated carbocycles. The predicted octanol–water partition coefficient (Wildman–Crippen LogP) is 3.01. The van der Waals surface area contributed by atoms with Gasteiger partial charge in [0.2, 0.25) is 5.91 Å². The van der Waals surface area contributed by atoms with Crippen molar-refractivity contribution in [3.05, 3.63) is 69.5 Å². The lowest BCUT2D eigenvalue weighted by atomic mass is 9.71. The molecule has 7 nitrogen and oxygen atoms in total. The van der Waals surface area contributed by atoms with Gasteiger partial charge in [-0.2, -0.15) is 5.10 Å². The molecular formula is C19H15Cl2N5O2.